The topological polar surface area (TPSA) is 46.5 Å². The Morgan fingerprint density at radius 3 is 2.70 bits per heavy atom. The number of carbonyl (C=O) groups is 1. The average Bonchev–Trinajstić information content (AvgIpc) is 2.40. The number of rotatable bonds is 4. The maximum Gasteiger partial charge on any atom is 0.335 e. The van der Waals surface area contributed by atoms with E-state index in [1.807, 2.05) is 0 Å². The van der Waals surface area contributed by atoms with E-state index in [1.165, 1.54) is 24.3 Å². The summed E-state index contributed by atoms with van der Waals surface area (Å²) in [6.07, 6.45) is 0. The van der Waals surface area contributed by atoms with Gasteiger partial charge in [0.15, 0.2) is 0 Å². The molecule has 0 saturated heterocycles. The molecule has 0 spiro atoms. The van der Waals surface area contributed by atoms with Gasteiger partial charge in [-0.15, -0.1) is 0 Å². The van der Waals surface area contributed by atoms with Gasteiger partial charge < -0.3 is 9.84 Å². The molecule has 0 fully saturated rings. The highest BCUT2D eigenvalue weighted by molar-refractivity contribution is 9.10. The predicted octanol–water partition coefficient (Wildman–Crippen LogP) is 4.17. The smallest absolute Gasteiger partial charge is 0.335 e. The maximum absolute atomic E-state index is 13.2. The van der Waals surface area contributed by atoms with Crippen LogP contribution in [0.25, 0.3) is 0 Å². The molecular weight excluding hydrogens is 327 g/mol. The summed E-state index contributed by atoms with van der Waals surface area (Å²) in [6, 6.07) is 9.00. The standard InChI is InChI=1S/C15H12BrFO3/c1-9-6-10(15(18)19)2-5-14(9)20-8-11-7-12(17)3-4-13(11)16/h2-7H,8H2,1H3,(H,18,19). The monoisotopic (exact) mass is 338 g/mol. The van der Waals surface area contributed by atoms with Crippen molar-refractivity contribution in [1.29, 1.82) is 0 Å². The minimum atomic E-state index is -0.979. The highest BCUT2D eigenvalue weighted by atomic mass is 79.9. The first kappa shape index (κ1) is 14.5. The van der Waals surface area contributed by atoms with Gasteiger partial charge in [0.1, 0.15) is 18.2 Å². The van der Waals surface area contributed by atoms with Crippen molar-refractivity contribution in [3.63, 3.8) is 0 Å². The fraction of sp³-hybridized carbons (Fsp3) is 0.133. The summed E-state index contributed by atoms with van der Waals surface area (Å²) in [5.74, 6) is -0.733. The highest BCUT2D eigenvalue weighted by Crippen LogP contribution is 2.23. The highest BCUT2D eigenvalue weighted by Gasteiger charge is 2.08. The Labute approximate surface area is 124 Å². The third kappa shape index (κ3) is 3.36. The molecule has 2 rings (SSSR count). The van der Waals surface area contributed by atoms with E-state index in [1.54, 1.807) is 19.1 Å². The van der Waals surface area contributed by atoms with E-state index >= 15 is 0 Å². The molecule has 0 heterocycles. The number of ether oxygens (including phenoxy) is 1. The first-order chi connectivity index (χ1) is 9.47. The molecule has 3 nitrogen and oxygen atoms in total. The number of hydrogen-bond acceptors (Lipinski definition) is 2. The van der Waals surface area contributed by atoms with Crippen LogP contribution < -0.4 is 4.74 Å². The lowest BCUT2D eigenvalue weighted by Gasteiger charge is -2.11. The van der Waals surface area contributed by atoms with Crippen LogP contribution in [0.4, 0.5) is 4.39 Å². The molecule has 1 N–H and O–H groups in total. The van der Waals surface area contributed by atoms with Gasteiger partial charge in [0, 0.05) is 10.0 Å². The number of aryl methyl sites for hydroxylation is 1. The van der Waals surface area contributed by atoms with E-state index in [9.17, 15) is 9.18 Å². The SMILES string of the molecule is Cc1cc(C(=O)O)ccc1OCc1cc(F)ccc1Br. The number of carboxylic acids is 1. The number of halogens is 2. The van der Waals surface area contributed by atoms with Crippen molar-refractivity contribution < 1.29 is 19.0 Å². The largest absolute Gasteiger partial charge is 0.489 e. The van der Waals surface area contributed by atoms with Crippen molar-refractivity contribution in [1.82, 2.24) is 0 Å². The van der Waals surface area contributed by atoms with E-state index in [0.717, 1.165) is 10.0 Å². The molecule has 0 aliphatic heterocycles. The third-order valence-corrected chi connectivity index (χ3v) is 3.59. The van der Waals surface area contributed by atoms with E-state index in [0.29, 0.717) is 11.3 Å². The Bertz CT molecular complexity index is 656. The zero-order valence-corrected chi connectivity index (χ0v) is 12.3. The molecule has 2 aromatic rings. The molecule has 0 bridgehead atoms. The van der Waals surface area contributed by atoms with E-state index in [4.69, 9.17) is 9.84 Å². The molecule has 20 heavy (non-hydrogen) atoms. The van der Waals surface area contributed by atoms with Gasteiger partial charge >= 0.3 is 5.97 Å². The minimum Gasteiger partial charge on any atom is -0.489 e. The Hall–Kier alpha value is -1.88. The summed E-state index contributed by atoms with van der Waals surface area (Å²) in [6.45, 7) is 1.97. The molecule has 0 amide bonds. The molecule has 2 aromatic carbocycles. The third-order valence-electron chi connectivity index (χ3n) is 2.81. The normalized spacial score (nSPS) is 10.3. The van der Waals surface area contributed by atoms with Gasteiger partial charge in [-0.3, -0.25) is 0 Å². The first-order valence-electron chi connectivity index (χ1n) is 5.88. The van der Waals surface area contributed by atoms with Gasteiger partial charge in [-0.25, -0.2) is 9.18 Å². The second-order valence-electron chi connectivity index (χ2n) is 4.31. The van der Waals surface area contributed by atoms with Gasteiger partial charge in [0.25, 0.3) is 0 Å². The lowest BCUT2D eigenvalue weighted by atomic mass is 10.1. The quantitative estimate of drug-likeness (QED) is 0.909. The molecule has 0 aliphatic carbocycles. The van der Waals surface area contributed by atoms with Gasteiger partial charge in [-0.05, 0) is 48.9 Å². The van der Waals surface area contributed by atoms with Crippen LogP contribution in [-0.2, 0) is 6.61 Å². The fourth-order valence-corrected chi connectivity index (χ4v) is 2.11. The Morgan fingerprint density at radius 1 is 1.30 bits per heavy atom. The van der Waals surface area contributed by atoms with Crippen molar-refractivity contribution in [2.45, 2.75) is 13.5 Å². The van der Waals surface area contributed by atoms with Gasteiger partial charge in [-0.1, -0.05) is 15.9 Å². The van der Waals surface area contributed by atoms with Crippen molar-refractivity contribution in [3.05, 3.63) is 63.4 Å². The Balaban J connectivity index is 2.15. The van der Waals surface area contributed by atoms with E-state index in [2.05, 4.69) is 15.9 Å². The van der Waals surface area contributed by atoms with Crippen LogP contribution in [0.1, 0.15) is 21.5 Å². The zero-order chi connectivity index (χ0) is 14.7. The van der Waals surface area contributed by atoms with Crippen molar-refractivity contribution in [2.24, 2.45) is 0 Å². The number of aromatic carboxylic acids is 1. The Kier molecular flexibility index (Phi) is 4.39. The molecule has 0 radical (unpaired) electrons. The summed E-state index contributed by atoms with van der Waals surface area (Å²) in [5.41, 5.74) is 1.62. The van der Waals surface area contributed by atoms with Crippen LogP contribution >= 0.6 is 15.9 Å². The molecule has 0 aromatic heterocycles. The summed E-state index contributed by atoms with van der Waals surface area (Å²) in [4.78, 5) is 10.8. The van der Waals surface area contributed by atoms with Crippen LogP contribution in [0.3, 0.4) is 0 Å². The zero-order valence-electron chi connectivity index (χ0n) is 10.7. The predicted molar refractivity (Wildman–Crippen MR) is 76.6 cm³/mol. The lowest BCUT2D eigenvalue weighted by molar-refractivity contribution is 0.0696. The minimum absolute atomic E-state index is 0.200. The molecule has 5 heteroatoms. The fourth-order valence-electron chi connectivity index (χ4n) is 1.75. The van der Waals surface area contributed by atoms with Gasteiger partial charge in [-0.2, -0.15) is 0 Å². The molecule has 0 atom stereocenters. The van der Waals surface area contributed by atoms with Crippen molar-refractivity contribution in [3.8, 4) is 5.75 Å². The number of benzene rings is 2. The first-order valence-corrected chi connectivity index (χ1v) is 6.67. The summed E-state index contributed by atoms with van der Waals surface area (Å²) >= 11 is 3.33. The van der Waals surface area contributed by atoms with Crippen molar-refractivity contribution >= 4 is 21.9 Å². The molecule has 0 saturated carbocycles. The maximum atomic E-state index is 13.2. The van der Waals surface area contributed by atoms with Crippen LogP contribution in [-0.4, -0.2) is 11.1 Å². The second-order valence-corrected chi connectivity index (χ2v) is 5.16. The Morgan fingerprint density at radius 2 is 2.05 bits per heavy atom. The van der Waals surface area contributed by atoms with Gasteiger partial charge in [0.05, 0.1) is 5.56 Å². The number of hydrogen-bond donors (Lipinski definition) is 1. The molecular formula is C15H12BrFO3. The van der Waals surface area contributed by atoms with Crippen LogP contribution in [0.15, 0.2) is 40.9 Å². The van der Waals surface area contributed by atoms with Crippen molar-refractivity contribution in [2.75, 3.05) is 0 Å². The summed E-state index contributed by atoms with van der Waals surface area (Å²) < 4.78 is 19.5. The molecule has 0 unspecified atom stereocenters. The summed E-state index contributed by atoms with van der Waals surface area (Å²) in [5, 5.41) is 8.89. The number of carboxylic acid groups (broad SMARTS) is 1. The molecule has 104 valence electrons. The van der Waals surface area contributed by atoms with Crippen LogP contribution in [0.2, 0.25) is 0 Å². The lowest BCUT2D eigenvalue weighted by Crippen LogP contribution is -2.01. The van der Waals surface area contributed by atoms with E-state index in [-0.39, 0.29) is 18.0 Å². The van der Waals surface area contributed by atoms with Crippen LogP contribution in [0.5, 0.6) is 5.75 Å². The second kappa shape index (κ2) is 6.05. The summed E-state index contributed by atoms with van der Waals surface area (Å²) in [7, 11) is 0. The van der Waals surface area contributed by atoms with Crippen LogP contribution in [0, 0.1) is 12.7 Å². The van der Waals surface area contributed by atoms with Gasteiger partial charge in [0.2, 0.25) is 0 Å². The average molecular weight is 339 g/mol. The van der Waals surface area contributed by atoms with E-state index < -0.39 is 5.97 Å². The molecule has 0 aliphatic rings.